The zero-order chi connectivity index (χ0) is 11.7. The van der Waals surface area contributed by atoms with Crippen molar-refractivity contribution < 1.29 is 18.3 Å². The number of hydrogen-bond acceptors (Lipinski definition) is 4. The molecule has 86 valence electrons. The molecular formula is C9H9N2O4S-. The van der Waals surface area contributed by atoms with E-state index in [1.807, 2.05) is 0 Å². The van der Waals surface area contributed by atoms with Crippen LogP contribution >= 0.6 is 0 Å². The second-order valence-corrected chi connectivity index (χ2v) is 3.90. The SMILES string of the molecule is CN1C(=O)COc2cccc(NS(=O)[O-])c21. The van der Waals surface area contributed by atoms with Crippen LogP contribution in [0.1, 0.15) is 0 Å². The first kappa shape index (κ1) is 10.9. The Morgan fingerprint density at radius 3 is 3.00 bits per heavy atom. The lowest BCUT2D eigenvalue weighted by Crippen LogP contribution is -2.36. The molecule has 1 atom stereocenters. The number of nitrogens with zero attached hydrogens (tertiary/aromatic N) is 1. The van der Waals surface area contributed by atoms with Crippen molar-refractivity contribution in [3.8, 4) is 5.75 Å². The number of benzene rings is 1. The molecule has 1 aromatic carbocycles. The summed E-state index contributed by atoms with van der Waals surface area (Å²) in [5, 5.41) is 0. The summed E-state index contributed by atoms with van der Waals surface area (Å²) in [5.74, 6) is 0.260. The van der Waals surface area contributed by atoms with Crippen LogP contribution in [0.2, 0.25) is 0 Å². The number of fused-ring (bicyclic) bond motifs is 1. The predicted molar refractivity (Wildman–Crippen MR) is 57.9 cm³/mol. The number of para-hydroxylation sites is 1. The predicted octanol–water partition coefficient (Wildman–Crippen LogP) is 0.248. The van der Waals surface area contributed by atoms with Crippen molar-refractivity contribution in [2.24, 2.45) is 0 Å². The van der Waals surface area contributed by atoms with Crippen LogP contribution in [-0.2, 0) is 16.1 Å². The Morgan fingerprint density at radius 1 is 1.56 bits per heavy atom. The van der Waals surface area contributed by atoms with E-state index in [0.717, 1.165) is 0 Å². The Labute approximate surface area is 94.6 Å². The van der Waals surface area contributed by atoms with Gasteiger partial charge in [-0.25, -0.2) is 0 Å². The zero-order valence-corrected chi connectivity index (χ0v) is 9.24. The normalized spacial score (nSPS) is 16.4. The molecule has 0 aromatic heterocycles. The molecule has 0 aliphatic carbocycles. The maximum absolute atomic E-state index is 11.4. The van der Waals surface area contributed by atoms with E-state index in [4.69, 9.17) is 4.74 Å². The van der Waals surface area contributed by atoms with Gasteiger partial charge >= 0.3 is 0 Å². The van der Waals surface area contributed by atoms with Crippen molar-refractivity contribution in [2.45, 2.75) is 0 Å². The highest BCUT2D eigenvalue weighted by Crippen LogP contribution is 2.37. The largest absolute Gasteiger partial charge is 0.755 e. The van der Waals surface area contributed by atoms with E-state index in [9.17, 15) is 13.6 Å². The van der Waals surface area contributed by atoms with Crippen LogP contribution in [0.3, 0.4) is 0 Å². The molecule has 0 fully saturated rings. The topological polar surface area (TPSA) is 81.7 Å². The molecule has 0 spiro atoms. The molecular weight excluding hydrogens is 232 g/mol. The minimum absolute atomic E-state index is 0.0343. The number of hydrogen-bond donors (Lipinski definition) is 1. The molecule has 7 heteroatoms. The van der Waals surface area contributed by atoms with Gasteiger partial charge in [0.05, 0.1) is 5.69 Å². The monoisotopic (exact) mass is 241 g/mol. The molecule has 1 heterocycles. The summed E-state index contributed by atoms with van der Waals surface area (Å²) in [5.41, 5.74) is 0.754. The Kier molecular flexibility index (Phi) is 2.80. The summed E-state index contributed by atoms with van der Waals surface area (Å²) in [7, 11) is 1.57. The van der Waals surface area contributed by atoms with Gasteiger partial charge in [-0.2, -0.15) is 0 Å². The first-order chi connectivity index (χ1) is 7.59. The molecule has 0 bridgehead atoms. The second kappa shape index (κ2) is 4.11. The molecule has 0 saturated heterocycles. The molecule has 1 amide bonds. The third-order valence-electron chi connectivity index (χ3n) is 2.25. The van der Waals surface area contributed by atoms with Crippen LogP contribution in [0, 0.1) is 0 Å². The van der Waals surface area contributed by atoms with Crippen LogP contribution in [0.4, 0.5) is 11.4 Å². The van der Waals surface area contributed by atoms with Crippen molar-refractivity contribution >= 4 is 28.5 Å². The number of anilines is 2. The van der Waals surface area contributed by atoms with E-state index in [2.05, 4.69) is 4.72 Å². The fraction of sp³-hybridized carbons (Fsp3) is 0.222. The van der Waals surface area contributed by atoms with E-state index >= 15 is 0 Å². The summed E-state index contributed by atoms with van der Waals surface area (Å²) in [4.78, 5) is 12.8. The van der Waals surface area contributed by atoms with Crippen molar-refractivity contribution in [3.63, 3.8) is 0 Å². The van der Waals surface area contributed by atoms with E-state index in [-0.39, 0.29) is 12.5 Å². The molecule has 1 N–H and O–H groups in total. The summed E-state index contributed by atoms with van der Waals surface area (Å²) in [6, 6.07) is 4.89. The number of rotatable bonds is 2. The Bertz CT molecular complexity index is 463. The number of carbonyl (C=O) groups excluding carboxylic acids is 1. The average Bonchev–Trinajstić information content (AvgIpc) is 2.23. The van der Waals surface area contributed by atoms with Gasteiger partial charge in [0.1, 0.15) is 11.4 Å². The molecule has 6 nitrogen and oxygen atoms in total. The highest BCUT2D eigenvalue weighted by Gasteiger charge is 2.24. The van der Waals surface area contributed by atoms with E-state index in [1.54, 1.807) is 25.2 Å². The Morgan fingerprint density at radius 2 is 2.31 bits per heavy atom. The number of carbonyl (C=O) groups is 1. The van der Waals surface area contributed by atoms with Crippen molar-refractivity contribution in [2.75, 3.05) is 23.3 Å². The molecule has 0 radical (unpaired) electrons. The van der Waals surface area contributed by atoms with Gasteiger partial charge in [-0.05, 0) is 12.1 Å². The van der Waals surface area contributed by atoms with E-state index in [0.29, 0.717) is 17.1 Å². The van der Waals surface area contributed by atoms with E-state index in [1.165, 1.54) is 4.90 Å². The minimum atomic E-state index is -2.43. The Hall–Kier alpha value is -1.60. The molecule has 0 saturated carbocycles. The standard InChI is InChI=1S/C9H10N2O4S/c1-11-8(12)5-15-7-4-2-3-6(9(7)11)10-16(13)14/h2-4,10H,5H2,1H3,(H,13,14)/p-1. The van der Waals surface area contributed by atoms with Gasteiger partial charge in [0.25, 0.3) is 5.91 Å². The number of amides is 1. The van der Waals surface area contributed by atoms with Crippen LogP contribution in [0.5, 0.6) is 5.75 Å². The van der Waals surface area contributed by atoms with Crippen LogP contribution in [0.25, 0.3) is 0 Å². The fourth-order valence-electron chi connectivity index (χ4n) is 1.52. The van der Waals surface area contributed by atoms with Gasteiger partial charge in [-0.15, -0.1) is 0 Å². The minimum Gasteiger partial charge on any atom is -0.755 e. The van der Waals surface area contributed by atoms with E-state index < -0.39 is 11.3 Å². The Balaban J connectivity index is 2.48. The molecule has 2 rings (SSSR count). The van der Waals surface area contributed by atoms with Gasteiger partial charge in [0, 0.05) is 18.3 Å². The van der Waals surface area contributed by atoms with Crippen molar-refractivity contribution in [3.05, 3.63) is 18.2 Å². The number of nitrogens with one attached hydrogen (secondary N) is 1. The fourth-order valence-corrected chi connectivity index (χ4v) is 1.86. The van der Waals surface area contributed by atoms with Gasteiger partial charge in [0.15, 0.2) is 6.61 Å². The summed E-state index contributed by atoms with van der Waals surface area (Å²) in [6.45, 7) is -0.0343. The third-order valence-corrected chi connectivity index (χ3v) is 2.64. The molecule has 1 aliphatic rings. The molecule has 1 aliphatic heterocycles. The van der Waals surface area contributed by atoms with Crippen LogP contribution in [0.15, 0.2) is 18.2 Å². The quantitative estimate of drug-likeness (QED) is 0.752. The maximum atomic E-state index is 11.4. The molecule has 16 heavy (non-hydrogen) atoms. The zero-order valence-electron chi connectivity index (χ0n) is 8.43. The van der Waals surface area contributed by atoms with Gasteiger partial charge in [-0.1, -0.05) is 6.07 Å². The molecule has 1 unspecified atom stereocenters. The summed E-state index contributed by atoms with van der Waals surface area (Å²) >= 11 is -2.43. The number of ether oxygens (including phenoxy) is 1. The van der Waals surface area contributed by atoms with Crippen LogP contribution < -0.4 is 14.4 Å². The van der Waals surface area contributed by atoms with Gasteiger partial charge in [-0.3, -0.25) is 9.00 Å². The summed E-state index contributed by atoms with van der Waals surface area (Å²) in [6.07, 6.45) is 0. The first-order valence-electron chi connectivity index (χ1n) is 4.48. The lowest BCUT2D eigenvalue weighted by atomic mass is 10.2. The van der Waals surface area contributed by atoms with Crippen molar-refractivity contribution in [1.29, 1.82) is 0 Å². The smallest absolute Gasteiger partial charge is 0.264 e. The third kappa shape index (κ3) is 1.86. The van der Waals surface area contributed by atoms with Gasteiger partial charge < -0.3 is 18.9 Å². The summed E-state index contributed by atoms with van der Waals surface area (Å²) < 4.78 is 28.6. The van der Waals surface area contributed by atoms with Crippen LogP contribution in [-0.4, -0.2) is 28.3 Å². The van der Waals surface area contributed by atoms with Gasteiger partial charge in [0.2, 0.25) is 0 Å². The number of likely N-dealkylation sites (N-methyl/N-ethyl adjacent to an activating group) is 1. The average molecular weight is 241 g/mol. The lowest BCUT2D eigenvalue weighted by molar-refractivity contribution is -0.120. The van der Waals surface area contributed by atoms with Crippen molar-refractivity contribution in [1.82, 2.24) is 0 Å². The lowest BCUT2D eigenvalue weighted by Gasteiger charge is -2.28. The highest BCUT2D eigenvalue weighted by atomic mass is 32.2. The first-order valence-corrected chi connectivity index (χ1v) is 5.55. The highest BCUT2D eigenvalue weighted by molar-refractivity contribution is 7.80. The second-order valence-electron chi connectivity index (χ2n) is 3.23. The molecule has 1 aromatic rings. The maximum Gasteiger partial charge on any atom is 0.264 e.